The first-order valence-corrected chi connectivity index (χ1v) is 8.73. The summed E-state index contributed by atoms with van der Waals surface area (Å²) in [5.74, 6) is 1.23. The maximum Gasteiger partial charge on any atom is 0.172 e. The number of aromatic amines is 1. The molecule has 1 N–H and O–H groups in total. The number of nitrogens with one attached hydrogen (secondary N) is 1. The van der Waals surface area contributed by atoms with Gasteiger partial charge in [-0.05, 0) is 36.4 Å². The maximum atomic E-state index is 14.1. The summed E-state index contributed by atoms with van der Waals surface area (Å²) in [6, 6.07) is 17.8. The molecular weight excluding hydrogens is 367 g/mol. The van der Waals surface area contributed by atoms with E-state index in [9.17, 15) is 4.39 Å². The summed E-state index contributed by atoms with van der Waals surface area (Å²) < 4.78 is 25.5. The second-order valence-corrected chi connectivity index (χ2v) is 6.34. The lowest BCUT2D eigenvalue weighted by Gasteiger charge is -2.15. The zero-order valence-corrected chi connectivity index (χ0v) is 15.3. The number of halogens is 2. The van der Waals surface area contributed by atoms with Crippen LogP contribution in [-0.4, -0.2) is 17.1 Å². The number of hydrogen-bond donors (Lipinski definition) is 1. The van der Waals surface area contributed by atoms with Gasteiger partial charge in [-0.15, -0.1) is 0 Å². The van der Waals surface area contributed by atoms with Gasteiger partial charge in [-0.1, -0.05) is 35.9 Å². The Balaban J connectivity index is 1.75. The number of H-pyrrole nitrogens is 1. The summed E-state index contributed by atoms with van der Waals surface area (Å²) in [7, 11) is 1.56. The second-order valence-electron chi connectivity index (χ2n) is 5.93. The fourth-order valence-electron chi connectivity index (χ4n) is 2.91. The first kappa shape index (κ1) is 17.4. The Bertz CT molecular complexity index is 1060. The van der Waals surface area contributed by atoms with Crippen molar-refractivity contribution in [2.24, 2.45) is 0 Å². The molecule has 0 spiro atoms. The van der Waals surface area contributed by atoms with Crippen LogP contribution in [0.2, 0.25) is 5.02 Å². The minimum atomic E-state index is -0.414. The number of nitrogens with zero attached hydrogens (tertiary/aromatic N) is 1. The van der Waals surface area contributed by atoms with Gasteiger partial charge in [0.25, 0.3) is 0 Å². The van der Waals surface area contributed by atoms with Gasteiger partial charge in [-0.3, -0.25) is 0 Å². The van der Waals surface area contributed by atoms with Crippen LogP contribution in [-0.2, 0) is 6.61 Å². The molecule has 4 rings (SSSR count). The number of benzene rings is 3. The van der Waals surface area contributed by atoms with Gasteiger partial charge in [0.05, 0.1) is 28.7 Å². The van der Waals surface area contributed by atoms with Crippen LogP contribution >= 0.6 is 11.6 Å². The van der Waals surface area contributed by atoms with Crippen LogP contribution in [0.4, 0.5) is 4.39 Å². The van der Waals surface area contributed by atoms with Crippen LogP contribution in [0, 0.1) is 5.82 Å². The van der Waals surface area contributed by atoms with E-state index >= 15 is 0 Å². The largest absolute Gasteiger partial charge is 0.493 e. The average Bonchev–Trinajstić information content (AvgIpc) is 3.11. The fraction of sp³-hybridized carbons (Fsp3) is 0.0952. The van der Waals surface area contributed by atoms with Crippen molar-refractivity contribution < 1.29 is 13.9 Å². The fourth-order valence-corrected chi connectivity index (χ4v) is 3.12. The van der Waals surface area contributed by atoms with Crippen molar-refractivity contribution in [2.75, 3.05) is 7.11 Å². The van der Waals surface area contributed by atoms with Crippen LogP contribution < -0.4 is 9.47 Å². The molecule has 0 aliphatic carbocycles. The summed E-state index contributed by atoms with van der Waals surface area (Å²) >= 11 is 6.11. The lowest BCUT2D eigenvalue weighted by Crippen LogP contribution is -2.02. The topological polar surface area (TPSA) is 47.1 Å². The van der Waals surface area contributed by atoms with Crippen LogP contribution in [0.15, 0.2) is 60.7 Å². The highest BCUT2D eigenvalue weighted by Gasteiger charge is 2.17. The molecule has 136 valence electrons. The van der Waals surface area contributed by atoms with Gasteiger partial charge >= 0.3 is 0 Å². The standard InChI is InChI=1S/C21H16ClFN2O2/c1-26-19-11-4-6-13(21-24-17-9-2-3-10-18(17)25-21)20(19)27-12-14-15(22)7-5-8-16(14)23/h2-11H,12H2,1H3,(H,24,25). The maximum absolute atomic E-state index is 14.1. The minimum absolute atomic E-state index is 0.0287. The third kappa shape index (κ3) is 3.34. The SMILES string of the molecule is COc1cccc(-c2nc3ccccc3[nH]2)c1OCc1c(F)cccc1Cl. The molecule has 1 aromatic heterocycles. The van der Waals surface area contributed by atoms with Crippen LogP contribution in [0.3, 0.4) is 0 Å². The van der Waals surface area contributed by atoms with Crippen molar-refractivity contribution >= 4 is 22.6 Å². The average molecular weight is 383 g/mol. The lowest BCUT2D eigenvalue weighted by atomic mass is 10.1. The Kier molecular flexibility index (Phi) is 4.69. The highest BCUT2D eigenvalue weighted by molar-refractivity contribution is 6.31. The predicted octanol–water partition coefficient (Wildman–Crippen LogP) is 5.61. The van der Waals surface area contributed by atoms with Gasteiger partial charge in [0.2, 0.25) is 0 Å². The van der Waals surface area contributed by atoms with Gasteiger partial charge in [-0.2, -0.15) is 0 Å². The molecule has 3 aromatic carbocycles. The molecular formula is C21H16ClFN2O2. The number of fused-ring (bicyclic) bond motifs is 1. The second kappa shape index (κ2) is 7.29. The first-order chi connectivity index (χ1) is 13.2. The highest BCUT2D eigenvalue weighted by Crippen LogP contribution is 2.38. The number of rotatable bonds is 5. The quantitative estimate of drug-likeness (QED) is 0.488. The Labute approximate surface area is 160 Å². The molecule has 0 radical (unpaired) electrons. The van der Waals surface area contributed by atoms with Gasteiger partial charge in [0.15, 0.2) is 11.5 Å². The van der Waals surface area contributed by atoms with Crippen molar-refractivity contribution in [3.05, 3.63) is 77.1 Å². The van der Waals surface area contributed by atoms with Crippen molar-refractivity contribution in [3.63, 3.8) is 0 Å². The van der Waals surface area contributed by atoms with Gasteiger partial charge in [0, 0.05) is 5.56 Å². The monoisotopic (exact) mass is 382 g/mol. The third-order valence-corrected chi connectivity index (χ3v) is 4.62. The Hall–Kier alpha value is -3.05. The van der Waals surface area contributed by atoms with E-state index in [0.717, 1.165) is 16.6 Å². The van der Waals surface area contributed by atoms with Gasteiger partial charge in [-0.25, -0.2) is 9.37 Å². The van der Waals surface area contributed by atoms with Crippen LogP contribution in [0.25, 0.3) is 22.4 Å². The smallest absolute Gasteiger partial charge is 0.172 e. The van der Waals surface area contributed by atoms with Crippen molar-refractivity contribution in [3.8, 4) is 22.9 Å². The number of methoxy groups -OCH3 is 1. The molecule has 1 heterocycles. The number of imidazole rings is 1. The molecule has 4 nitrogen and oxygen atoms in total. The van der Waals surface area contributed by atoms with Crippen LogP contribution in [0.5, 0.6) is 11.5 Å². The van der Waals surface area contributed by atoms with Crippen molar-refractivity contribution in [1.82, 2.24) is 9.97 Å². The van der Waals surface area contributed by atoms with E-state index in [0.29, 0.717) is 27.9 Å². The molecule has 0 atom stereocenters. The molecule has 0 amide bonds. The van der Waals surface area contributed by atoms with E-state index in [4.69, 9.17) is 21.1 Å². The van der Waals surface area contributed by atoms with E-state index in [-0.39, 0.29) is 6.61 Å². The summed E-state index contributed by atoms with van der Waals surface area (Å²) in [6.45, 7) is -0.0287. The number of ether oxygens (including phenoxy) is 2. The van der Waals surface area contributed by atoms with Crippen LogP contribution in [0.1, 0.15) is 5.56 Å². The molecule has 0 saturated heterocycles. The molecule has 4 aromatic rings. The zero-order chi connectivity index (χ0) is 18.8. The van der Waals surface area contributed by atoms with Gasteiger partial charge < -0.3 is 14.5 Å². The number of aromatic nitrogens is 2. The zero-order valence-electron chi connectivity index (χ0n) is 14.5. The summed E-state index contributed by atoms with van der Waals surface area (Å²) in [5.41, 5.74) is 2.77. The molecule has 0 unspecified atom stereocenters. The Morgan fingerprint density at radius 3 is 2.63 bits per heavy atom. The third-order valence-electron chi connectivity index (χ3n) is 4.27. The van der Waals surface area contributed by atoms with Crippen molar-refractivity contribution in [2.45, 2.75) is 6.61 Å². The molecule has 0 aliphatic rings. The van der Waals surface area contributed by atoms with E-state index in [1.807, 2.05) is 36.4 Å². The van der Waals surface area contributed by atoms with Crippen molar-refractivity contribution in [1.29, 1.82) is 0 Å². The molecule has 6 heteroatoms. The lowest BCUT2D eigenvalue weighted by molar-refractivity contribution is 0.281. The van der Waals surface area contributed by atoms with E-state index in [1.54, 1.807) is 25.3 Å². The number of para-hydroxylation sites is 3. The Morgan fingerprint density at radius 2 is 1.85 bits per heavy atom. The Morgan fingerprint density at radius 1 is 1.04 bits per heavy atom. The predicted molar refractivity (Wildman–Crippen MR) is 104 cm³/mol. The highest BCUT2D eigenvalue weighted by atomic mass is 35.5. The normalized spacial score (nSPS) is 10.9. The van der Waals surface area contributed by atoms with Gasteiger partial charge in [0.1, 0.15) is 18.2 Å². The first-order valence-electron chi connectivity index (χ1n) is 8.35. The molecule has 0 fully saturated rings. The van der Waals surface area contributed by atoms with E-state index in [1.165, 1.54) is 6.07 Å². The van der Waals surface area contributed by atoms with E-state index < -0.39 is 5.82 Å². The van der Waals surface area contributed by atoms with E-state index in [2.05, 4.69) is 9.97 Å². The summed E-state index contributed by atoms with van der Waals surface area (Å²) in [5, 5.41) is 0.315. The number of hydrogen-bond acceptors (Lipinski definition) is 3. The molecule has 0 saturated carbocycles. The molecule has 27 heavy (non-hydrogen) atoms. The summed E-state index contributed by atoms with van der Waals surface area (Å²) in [6.07, 6.45) is 0. The molecule has 0 aliphatic heterocycles. The molecule has 0 bridgehead atoms. The summed E-state index contributed by atoms with van der Waals surface area (Å²) in [4.78, 5) is 7.90. The minimum Gasteiger partial charge on any atom is -0.493 e.